The van der Waals surface area contributed by atoms with Crippen molar-refractivity contribution in [1.29, 1.82) is 0 Å². The Morgan fingerprint density at radius 1 is 1.48 bits per heavy atom. The highest BCUT2D eigenvalue weighted by Gasteiger charge is 2.21. The van der Waals surface area contributed by atoms with Gasteiger partial charge in [-0.3, -0.25) is 4.79 Å². The Labute approximate surface area is 131 Å². The van der Waals surface area contributed by atoms with E-state index in [4.69, 9.17) is 16.3 Å². The quantitative estimate of drug-likeness (QED) is 0.821. The van der Waals surface area contributed by atoms with Crippen LogP contribution in [0.4, 0.5) is 0 Å². The maximum absolute atomic E-state index is 12.2. The topological polar surface area (TPSA) is 41.6 Å². The molecule has 0 saturated carbocycles. The largest absolute Gasteiger partial charge is 0.492 e. The molecule has 1 atom stereocenters. The standard InChI is InChI=1S/C16H23ClN2O2/c1-18-13-6-4-10-19(12-13)16(20)9-5-11-21-15-8-3-2-7-14(15)17/h2-3,7-8,13,18H,4-6,9-12H2,1H3. The van der Waals surface area contributed by atoms with Crippen LogP contribution in [0.2, 0.25) is 5.02 Å². The zero-order valence-corrected chi connectivity index (χ0v) is 13.2. The molecule has 0 aliphatic carbocycles. The molecule has 1 aliphatic rings. The highest BCUT2D eigenvalue weighted by Crippen LogP contribution is 2.23. The molecule has 0 radical (unpaired) electrons. The molecule has 0 spiro atoms. The van der Waals surface area contributed by atoms with Gasteiger partial charge in [0.25, 0.3) is 0 Å². The van der Waals surface area contributed by atoms with Crippen LogP contribution < -0.4 is 10.1 Å². The number of likely N-dealkylation sites (N-methyl/N-ethyl adjacent to an activating group) is 1. The van der Waals surface area contributed by atoms with Crippen molar-refractivity contribution in [3.8, 4) is 5.75 Å². The third-order valence-corrected chi connectivity index (χ3v) is 4.12. The van der Waals surface area contributed by atoms with E-state index in [1.807, 2.05) is 30.1 Å². The minimum atomic E-state index is 0.220. The molecule has 1 aromatic carbocycles. The summed E-state index contributed by atoms with van der Waals surface area (Å²) in [7, 11) is 1.95. The lowest BCUT2D eigenvalue weighted by molar-refractivity contribution is -0.132. The Bertz CT molecular complexity index is 467. The highest BCUT2D eigenvalue weighted by atomic mass is 35.5. The van der Waals surface area contributed by atoms with E-state index in [0.29, 0.717) is 36.3 Å². The van der Waals surface area contributed by atoms with Crippen LogP contribution in [0.5, 0.6) is 5.75 Å². The van der Waals surface area contributed by atoms with E-state index >= 15 is 0 Å². The molecule has 1 aromatic rings. The van der Waals surface area contributed by atoms with Gasteiger partial charge in [-0.25, -0.2) is 0 Å². The lowest BCUT2D eigenvalue weighted by atomic mass is 10.1. The van der Waals surface area contributed by atoms with Crippen LogP contribution in [0.15, 0.2) is 24.3 Å². The zero-order chi connectivity index (χ0) is 15.1. The van der Waals surface area contributed by atoms with Gasteiger partial charge < -0.3 is 15.0 Å². The number of piperidine rings is 1. The molecule has 1 N–H and O–H groups in total. The van der Waals surface area contributed by atoms with Gasteiger partial charge in [0.05, 0.1) is 11.6 Å². The van der Waals surface area contributed by atoms with Crippen LogP contribution in [0, 0.1) is 0 Å². The Hall–Kier alpha value is -1.26. The first-order valence-corrected chi connectivity index (χ1v) is 7.91. The number of carbonyl (C=O) groups excluding carboxylic acids is 1. The van der Waals surface area contributed by atoms with E-state index in [-0.39, 0.29) is 5.91 Å². The zero-order valence-electron chi connectivity index (χ0n) is 12.5. The normalized spacial score (nSPS) is 18.6. The second-order valence-corrected chi connectivity index (χ2v) is 5.76. The van der Waals surface area contributed by atoms with Gasteiger partial charge in [0.15, 0.2) is 0 Å². The number of hydrogen-bond donors (Lipinski definition) is 1. The smallest absolute Gasteiger partial charge is 0.222 e. The second kappa shape index (κ2) is 8.25. The number of nitrogens with zero attached hydrogens (tertiary/aromatic N) is 1. The minimum Gasteiger partial charge on any atom is -0.492 e. The number of amides is 1. The van der Waals surface area contributed by atoms with Crippen molar-refractivity contribution in [2.75, 3.05) is 26.7 Å². The van der Waals surface area contributed by atoms with Gasteiger partial charge in [-0.2, -0.15) is 0 Å². The Morgan fingerprint density at radius 3 is 3.05 bits per heavy atom. The molecule has 1 aliphatic heterocycles. The van der Waals surface area contributed by atoms with Gasteiger partial charge in [-0.15, -0.1) is 0 Å². The van der Waals surface area contributed by atoms with E-state index in [0.717, 1.165) is 25.9 Å². The summed E-state index contributed by atoms with van der Waals surface area (Å²) >= 11 is 6.01. The molecule has 1 amide bonds. The summed E-state index contributed by atoms with van der Waals surface area (Å²) in [5, 5.41) is 3.86. The summed E-state index contributed by atoms with van der Waals surface area (Å²) < 4.78 is 5.60. The molecule has 0 aromatic heterocycles. The minimum absolute atomic E-state index is 0.220. The van der Waals surface area contributed by atoms with Gasteiger partial charge in [0, 0.05) is 25.6 Å². The van der Waals surface area contributed by atoms with Crippen LogP contribution in [0.25, 0.3) is 0 Å². The summed E-state index contributed by atoms with van der Waals surface area (Å²) in [6.07, 6.45) is 3.47. The molecule has 0 bridgehead atoms. The summed E-state index contributed by atoms with van der Waals surface area (Å²) in [5.74, 6) is 0.901. The summed E-state index contributed by atoms with van der Waals surface area (Å²) in [6, 6.07) is 7.83. The van der Waals surface area contributed by atoms with Gasteiger partial charge in [-0.1, -0.05) is 23.7 Å². The molecule has 1 saturated heterocycles. The van der Waals surface area contributed by atoms with Crippen molar-refractivity contribution in [3.63, 3.8) is 0 Å². The van der Waals surface area contributed by atoms with E-state index in [9.17, 15) is 4.79 Å². The predicted octanol–water partition coefficient (Wildman–Crippen LogP) is 2.71. The lowest BCUT2D eigenvalue weighted by Gasteiger charge is -2.32. The number of carbonyl (C=O) groups is 1. The SMILES string of the molecule is CNC1CCCN(C(=O)CCCOc2ccccc2Cl)C1. The number of hydrogen-bond acceptors (Lipinski definition) is 3. The van der Waals surface area contributed by atoms with Crippen LogP contribution >= 0.6 is 11.6 Å². The van der Waals surface area contributed by atoms with Crippen LogP contribution in [0.3, 0.4) is 0 Å². The number of ether oxygens (including phenoxy) is 1. The number of halogens is 1. The molecular weight excluding hydrogens is 288 g/mol. The molecule has 4 nitrogen and oxygen atoms in total. The third-order valence-electron chi connectivity index (χ3n) is 3.81. The molecular formula is C16H23ClN2O2. The fraction of sp³-hybridized carbons (Fsp3) is 0.562. The third kappa shape index (κ3) is 4.90. The van der Waals surface area contributed by atoms with Crippen molar-refractivity contribution in [2.24, 2.45) is 0 Å². The van der Waals surface area contributed by atoms with Crippen LogP contribution in [0.1, 0.15) is 25.7 Å². The average Bonchev–Trinajstić information content (AvgIpc) is 2.53. The highest BCUT2D eigenvalue weighted by molar-refractivity contribution is 6.32. The Kier molecular flexibility index (Phi) is 6.33. The van der Waals surface area contributed by atoms with Crippen molar-refractivity contribution in [3.05, 3.63) is 29.3 Å². The fourth-order valence-corrected chi connectivity index (χ4v) is 2.76. The molecule has 1 unspecified atom stereocenters. The van der Waals surface area contributed by atoms with Crippen molar-refractivity contribution >= 4 is 17.5 Å². The van der Waals surface area contributed by atoms with E-state index in [1.165, 1.54) is 0 Å². The number of nitrogens with one attached hydrogen (secondary N) is 1. The first kappa shape index (κ1) is 16.1. The van der Waals surface area contributed by atoms with Crippen LogP contribution in [-0.2, 0) is 4.79 Å². The number of para-hydroxylation sites is 1. The fourth-order valence-electron chi connectivity index (χ4n) is 2.56. The maximum Gasteiger partial charge on any atom is 0.222 e. The van der Waals surface area contributed by atoms with E-state index < -0.39 is 0 Å². The first-order chi connectivity index (χ1) is 10.2. The van der Waals surface area contributed by atoms with Gasteiger partial charge in [-0.05, 0) is 38.4 Å². The summed E-state index contributed by atoms with van der Waals surface area (Å²) in [5.41, 5.74) is 0. The lowest BCUT2D eigenvalue weighted by Crippen LogP contribution is -2.46. The Morgan fingerprint density at radius 2 is 2.29 bits per heavy atom. The average molecular weight is 311 g/mol. The predicted molar refractivity (Wildman–Crippen MR) is 84.8 cm³/mol. The van der Waals surface area contributed by atoms with Crippen molar-refractivity contribution in [1.82, 2.24) is 10.2 Å². The van der Waals surface area contributed by atoms with Gasteiger partial charge in [0.2, 0.25) is 5.91 Å². The Balaban J connectivity index is 1.68. The van der Waals surface area contributed by atoms with Crippen LogP contribution in [-0.4, -0.2) is 43.6 Å². The summed E-state index contributed by atoms with van der Waals surface area (Å²) in [4.78, 5) is 14.1. The second-order valence-electron chi connectivity index (χ2n) is 5.35. The van der Waals surface area contributed by atoms with E-state index in [1.54, 1.807) is 6.07 Å². The van der Waals surface area contributed by atoms with Gasteiger partial charge >= 0.3 is 0 Å². The molecule has 21 heavy (non-hydrogen) atoms. The maximum atomic E-state index is 12.2. The molecule has 5 heteroatoms. The number of rotatable bonds is 6. The molecule has 116 valence electrons. The summed E-state index contributed by atoms with van der Waals surface area (Å²) in [6.45, 7) is 2.21. The number of likely N-dealkylation sites (tertiary alicyclic amines) is 1. The van der Waals surface area contributed by atoms with Crippen molar-refractivity contribution in [2.45, 2.75) is 31.7 Å². The first-order valence-electron chi connectivity index (χ1n) is 7.53. The number of benzene rings is 1. The van der Waals surface area contributed by atoms with E-state index in [2.05, 4.69) is 5.32 Å². The van der Waals surface area contributed by atoms with Crippen molar-refractivity contribution < 1.29 is 9.53 Å². The molecule has 1 fully saturated rings. The monoisotopic (exact) mass is 310 g/mol. The van der Waals surface area contributed by atoms with Gasteiger partial charge in [0.1, 0.15) is 5.75 Å². The molecule has 1 heterocycles. The molecule has 2 rings (SSSR count).